The van der Waals surface area contributed by atoms with Crippen molar-refractivity contribution in [1.82, 2.24) is 0 Å². The summed E-state index contributed by atoms with van der Waals surface area (Å²) >= 11 is 0. The third-order valence-corrected chi connectivity index (χ3v) is 6.95. The van der Waals surface area contributed by atoms with Gasteiger partial charge in [0.1, 0.15) is 23.0 Å². The van der Waals surface area contributed by atoms with Crippen LogP contribution in [0.4, 0.5) is 13.2 Å². The van der Waals surface area contributed by atoms with Crippen molar-refractivity contribution in [2.45, 2.75) is 32.4 Å². The lowest BCUT2D eigenvalue weighted by molar-refractivity contribution is -0.138. The van der Waals surface area contributed by atoms with Crippen molar-refractivity contribution < 1.29 is 27.1 Å². The van der Waals surface area contributed by atoms with E-state index in [0.717, 1.165) is 18.1 Å². The molecule has 0 amide bonds. The second kappa shape index (κ2) is 9.55. The van der Waals surface area contributed by atoms with Gasteiger partial charge < -0.3 is 19.6 Å². The molecule has 1 aromatic heterocycles. The molecule has 0 saturated heterocycles. The first kappa shape index (κ1) is 25.9. The average Bonchev–Trinajstić information content (AvgIpc) is 2.91. The normalized spacial score (nSPS) is 15.1. The van der Waals surface area contributed by atoms with Gasteiger partial charge in [0.15, 0.2) is 5.75 Å². The van der Waals surface area contributed by atoms with E-state index < -0.39 is 23.3 Å². The Morgan fingerprint density at radius 3 is 2.54 bits per heavy atom. The van der Waals surface area contributed by atoms with Crippen molar-refractivity contribution in [2.24, 2.45) is 5.73 Å². The Morgan fingerprint density at radius 1 is 1.10 bits per heavy atom. The van der Waals surface area contributed by atoms with Gasteiger partial charge in [-0.3, -0.25) is 0 Å². The zero-order chi connectivity index (χ0) is 28.1. The molecule has 0 radical (unpaired) electrons. The van der Waals surface area contributed by atoms with Crippen LogP contribution in [0.25, 0.3) is 22.1 Å². The van der Waals surface area contributed by atoms with Gasteiger partial charge in [-0.05, 0) is 65.9 Å². The number of nitriles is 1. The summed E-state index contributed by atoms with van der Waals surface area (Å²) in [6, 6.07) is 16.2. The van der Waals surface area contributed by atoms with Crippen molar-refractivity contribution in [3.63, 3.8) is 0 Å². The van der Waals surface area contributed by atoms with Crippen LogP contribution in [0.2, 0.25) is 0 Å². The monoisotopic (exact) mass is 532 g/mol. The number of halogens is 3. The van der Waals surface area contributed by atoms with E-state index in [1.165, 1.54) is 20.1 Å². The molecule has 6 nitrogen and oxygen atoms in total. The Bertz CT molecular complexity index is 1760. The minimum atomic E-state index is -4.55. The van der Waals surface area contributed by atoms with Gasteiger partial charge in [0, 0.05) is 5.56 Å². The molecule has 1 atom stereocenters. The highest BCUT2D eigenvalue weighted by Gasteiger charge is 2.36. The fraction of sp³-hybridized carbons (Fsp3) is 0.200. The third kappa shape index (κ3) is 4.38. The molecule has 2 heterocycles. The van der Waals surface area contributed by atoms with Gasteiger partial charge >= 0.3 is 11.8 Å². The van der Waals surface area contributed by atoms with Crippen LogP contribution in [0.5, 0.6) is 11.5 Å². The van der Waals surface area contributed by atoms with Gasteiger partial charge in [0.25, 0.3) is 0 Å². The molecule has 2 N–H and O–H groups in total. The molecular formula is C30H23F3N2O4. The van der Waals surface area contributed by atoms with Gasteiger partial charge in [-0.2, -0.15) is 18.4 Å². The first-order valence-electron chi connectivity index (χ1n) is 12.1. The molecule has 3 aromatic carbocycles. The van der Waals surface area contributed by atoms with Crippen molar-refractivity contribution in [1.29, 1.82) is 5.26 Å². The van der Waals surface area contributed by atoms with Crippen LogP contribution in [0.1, 0.15) is 40.7 Å². The first-order valence-corrected chi connectivity index (χ1v) is 12.1. The number of methoxy groups -OCH3 is 1. The summed E-state index contributed by atoms with van der Waals surface area (Å²) in [5.41, 5.74) is 7.16. The van der Waals surface area contributed by atoms with Crippen LogP contribution in [-0.2, 0) is 12.6 Å². The Kier molecular flexibility index (Phi) is 6.35. The van der Waals surface area contributed by atoms with Crippen molar-refractivity contribution >= 4 is 11.0 Å². The standard InChI is InChI=1S/C30H23F3N2O4/c1-4-16-6-9-24-20(11-16)27-26(29(36)38-24)25(21(14-34)28(35)39-27)18-8-10-23(37-3)19(12-18)17-7-5-15(2)22(13-17)30(31,32)33/h5-13,25H,4,35H2,1-3H3. The van der Waals surface area contributed by atoms with E-state index >= 15 is 0 Å². The number of allylic oxidation sites excluding steroid dienone is 1. The molecule has 0 bridgehead atoms. The molecule has 0 spiro atoms. The van der Waals surface area contributed by atoms with Gasteiger partial charge in [-0.25, -0.2) is 4.79 Å². The van der Waals surface area contributed by atoms with E-state index in [-0.39, 0.29) is 33.9 Å². The summed E-state index contributed by atoms with van der Waals surface area (Å²) in [5, 5.41) is 10.5. The Morgan fingerprint density at radius 2 is 1.87 bits per heavy atom. The van der Waals surface area contributed by atoms with Crippen molar-refractivity contribution in [2.75, 3.05) is 7.11 Å². The highest BCUT2D eigenvalue weighted by Crippen LogP contribution is 2.46. The first-order chi connectivity index (χ1) is 18.6. The maximum absolute atomic E-state index is 13.7. The van der Waals surface area contributed by atoms with Gasteiger partial charge in [0.05, 0.1) is 29.5 Å². The average molecular weight is 533 g/mol. The second-order valence-corrected chi connectivity index (χ2v) is 9.23. The maximum atomic E-state index is 13.7. The van der Waals surface area contributed by atoms with Crippen LogP contribution in [0, 0.1) is 18.3 Å². The largest absolute Gasteiger partial charge is 0.496 e. The Hall–Kier alpha value is -4.71. The van der Waals surface area contributed by atoms with Crippen LogP contribution in [0.15, 0.2) is 75.3 Å². The van der Waals surface area contributed by atoms with Crippen LogP contribution < -0.4 is 20.8 Å². The molecule has 1 aliphatic heterocycles. The molecule has 5 rings (SSSR count). The zero-order valence-corrected chi connectivity index (χ0v) is 21.3. The lowest BCUT2D eigenvalue weighted by atomic mass is 9.82. The van der Waals surface area contributed by atoms with E-state index in [1.807, 2.05) is 25.1 Å². The summed E-state index contributed by atoms with van der Waals surface area (Å²) in [6.45, 7) is 3.37. The molecule has 1 aliphatic rings. The summed E-state index contributed by atoms with van der Waals surface area (Å²) in [6.07, 6.45) is -3.83. The summed E-state index contributed by atoms with van der Waals surface area (Å²) in [4.78, 5) is 13.3. The molecule has 9 heteroatoms. The Balaban J connectivity index is 1.77. The van der Waals surface area contributed by atoms with Gasteiger partial charge in [-0.15, -0.1) is 0 Å². The number of benzene rings is 3. The summed E-state index contributed by atoms with van der Waals surface area (Å²) in [7, 11) is 1.41. The van der Waals surface area contributed by atoms with Crippen LogP contribution in [0.3, 0.4) is 0 Å². The lowest BCUT2D eigenvalue weighted by Gasteiger charge is -2.26. The lowest BCUT2D eigenvalue weighted by Crippen LogP contribution is -2.26. The SMILES string of the molecule is CCc1ccc2oc(=O)c3c(c2c1)OC(N)=C(C#N)C3c1ccc(OC)c(-c2ccc(C)c(C(F)(F)F)c2)c1. The molecule has 0 aliphatic carbocycles. The topological polar surface area (TPSA) is 98.5 Å². The molecule has 39 heavy (non-hydrogen) atoms. The predicted molar refractivity (Wildman–Crippen MR) is 139 cm³/mol. The second-order valence-electron chi connectivity index (χ2n) is 9.23. The van der Waals surface area contributed by atoms with Crippen LogP contribution >= 0.6 is 0 Å². The van der Waals surface area contributed by atoms with Crippen molar-refractivity contribution in [3.8, 4) is 28.7 Å². The zero-order valence-electron chi connectivity index (χ0n) is 21.3. The van der Waals surface area contributed by atoms with E-state index in [0.29, 0.717) is 27.8 Å². The van der Waals surface area contributed by atoms with Gasteiger partial charge in [-0.1, -0.05) is 31.2 Å². The molecule has 0 fully saturated rings. The minimum absolute atomic E-state index is 0.0169. The number of nitrogens with zero attached hydrogens (tertiary/aromatic N) is 1. The van der Waals surface area contributed by atoms with Crippen molar-refractivity contribution in [3.05, 3.63) is 104 Å². The Labute approximate surface area is 221 Å². The highest BCUT2D eigenvalue weighted by atomic mass is 19.4. The highest BCUT2D eigenvalue weighted by molar-refractivity contribution is 5.87. The smallest absolute Gasteiger partial charge is 0.416 e. The third-order valence-electron chi connectivity index (χ3n) is 6.95. The molecule has 4 aromatic rings. The van der Waals surface area contributed by atoms with E-state index in [4.69, 9.17) is 19.6 Å². The number of ether oxygens (including phenoxy) is 2. The van der Waals surface area contributed by atoms with E-state index in [1.54, 1.807) is 30.3 Å². The fourth-order valence-corrected chi connectivity index (χ4v) is 4.95. The maximum Gasteiger partial charge on any atom is 0.416 e. The minimum Gasteiger partial charge on any atom is -0.496 e. The summed E-state index contributed by atoms with van der Waals surface area (Å²) in [5.74, 6) is -0.653. The number of nitrogens with two attached hydrogens (primary N) is 1. The molecular weight excluding hydrogens is 509 g/mol. The summed E-state index contributed by atoms with van der Waals surface area (Å²) < 4.78 is 57.9. The van der Waals surface area contributed by atoms with E-state index in [9.17, 15) is 23.2 Å². The number of aryl methyl sites for hydroxylation is 2. The van der Waals surface area contributed by atoms with E-state index in [2.05, 4.69) is 0 Å². The molecule has 198 valence electrons. The molecule has 1 unspecified atom stereocenters. The number of hydrogen-bond acceptors (Lipinski definition) is 6. The van der Waals surface area contributed by atoms with Gasteiger partial charge in [0.2, 0.25) is 5.88 Å². The number of alkyl halides is 3. The molecule has 0 saturated carbocycles. The number of hydrogen-bond donors (Lipinski definition) is 1. The van der Waals surface area contributed by atoms with Crippen LogP contribution in [-0.4, -0.2) is 7.11 Å². The quantitative estimate of drug-likeness (QED) is 0.298. The number of rotatable bonds is 4. The predicted octanol–water partition coefficient (Wildman–Crippen LogP) is 6.58. The fourth-order valence-electron chi connectivity index (χ4n) is 4.95. The number of fused-ring (bicyclic) bond motifs is 3.